The smallest absolute Gasteiger partial charge is 0.200 e. The van der Waals surface area contributed by atoms with Crippen LogP contribution in [-0.4, -0.2) is 40.1 Å². The van der Waals surface area contributed by atoms with Crippen LogP contribution in [0.25, 0.3) is 11.4 Å². The van der Waals surface area contributed by atoms with Gasteiger partial charge in [-0.15, -0.1) is 12.4 Å². The van der Waals surface area contributed by atoms with Crippen LogP contribution in [0.4, 0.5) is 5.95 Å². The molecular weight excluding hydrogens is 388 g/mol. The molecule has 0 radical (unpaired) electrons. The highest BCUT2D eigenvalue weighted by Gasteiger charge is 2.28. The molecule has 3 aliphatic heterocycles. The number of hydrogen-bond donors (Lipinski definition) is 4. The molecule has 1 fully saturated rings. The van der Waals surface area contributed by atoms with Gasteiger partial charge in [0, 0.05) is 24.7 Å². The van der Waals surface area contributed by atoms with Crippen molar-refractivity contribution in [3.63, 3.8) is 0 Å². The summed E-state index contributed by atoms with van der Waals surface area (Å²) in [6.45, 7) is 2.59. The Balaban J connectivity index is 0.00000150. The number of nitrogens with one attached hydrogen (secondary N) is 3. The number of benzene rings is 1. The molecule has 8 heteroatoms. The van der Waals surface area contributed by atoms with Gasteiger partial charge in [-0.2, -0.15) is 0 Å². The van der Waals surface area contributed by atoms with Crippen molar-refractivity contribution in [2.45, 2.75) is 37.6 Å². The van der Waals surface area contributed by atoms with E-state index in [2.05, 4.69) is 50.9 Å². The van der Waals surface area contributed by atoms with E-state index in [-0.39, 0.29) is 17.9 Å². The van der Waals surface area contributed by atoms with Crippen molar-refractivity contribution in [3.05, 3.63) is 53.9 Å². The number of anilines is 1. The Hall–Kier alpha value is -2.19. The number of aromatic nitrogens is 3. The summed E-state index contributed by atoms with van der Waals surface area (Å²) in [5.74, 6) is 1.23. The third kappa shape index (κ3) is 5.45. The number of unbranched alkanes of at least 4 members (excludes halogenated alkanes) is 1. The number of rotatable bonds is 7. The summed E-state index contributed by atoms with van der Waals surface area (Å²) >= 11 is 0. The van der Waals surface area contributed by atoms with Gasteiger partial charge in [-0.25, -0.2) is 4.98 Å². The van der Waals surface area contributed by atoms with Crippen molar-refractivity contribution in [1.29, 1.82) is 0 Å². The van der Waals surface area contributed by atoms with Gasteiger partial charge in [-0.05, 0) is 50.4 Å². The van der Waals surface area contributed by atoms with E-state index in [9.17, 15) is 0 Å². The van der Waals surface area contributed by atoms with Crippen LogP contribution in [0.5, 0.6) is 0 Å². The molecule has 29 heavy (non-hydrogen) atoms. The zero-order valence-electron chi connectivity index (χ0n) is 16.5. The second-order valence-corrected chi connectivity index (χ2v) is 7.24. The summed E-state index contributed by atoms with van der Waals surface area (Å²) in [6, 6.07) is 13.1. The minimum absolute atomic E-state index is 0. The van der Waals surface area contributed by atoms with E-state index in [1.807, 2.05) is 12.3 Å². The maximum absolute atomic E-state index is 5.59. The minimum atomic E-state index is 0. The maximum atomic E-state index is 5.59. The Morgan fingerprint density at radius 2 is 1.97 bits per heavy atom. The molecule has 4 rings (SSSR count). The lowest BCUT2D eigenvalue weighted by molar-refractivity contribution is 0.365. The monoisotopic (exact) mass is 418 g/mol. The third-order valence-corrected chi connectivity index (χ3v) is 5.34. The summed E-state index contributed by atoms with van der Waals surface area (Å²) in [6.07, 6.45) is 6.04. The number of piperidine rings is 1. The highest BCUT2D eigenvalue weighted by molar-refractivity contribution is 5.85. The van der Waals surface area contributed by atoms with Crippen molar-refractivity contribution >= 4 is 18.4 Å². The Morgan fingerprint density at radius 3 is 2.76 bits per heavy atom. The number of H-pyrrole nitrogens is 1. The molecular formula is C21H31ClN6O. The van der Waals surface area contributed by atoms with Crippen LogP contribution in [-0.2, 0) is 0 Å². The number of halogens is 1. The standard InChI is InChI=1S/C21H28N6.ClH.H2O/c22-10-4-5-11-25-21-26-17-9-13-24-20(17)19(27-21)16-8-12-23-18(14-16)15-6-2-1-3-7-15;;/h1-3,6-7,9,13,16,18,23H,4-5,8,10-12,14,22H2,(H2,25,26,27);1H;1H2. The second-order valence-electron chi connectivity index (χ2n) is 7.24. The van der Waals surface area contributed by atoms with Gasteiger partial charge in [-0.3, -0.25) is 4.98 Å². The Bertz CT molecular complexity index is 827. The van der Waals surface area contributed by atoms with Gasteiger partial charge in [0.1, 0.15) is 5.69 Å². The molecule has 1 aromatic rings. The molecule has 7 nitrogen and oxygen atoms in total. The van der Waals surface area contributed by atoms with E-state index in [0.717, 1.165) is 68.3 Å². The SMILES string of the molecule is Cl.NCCCCNc1nc(C2CCNC(c3ccccc3)C2)c2nccc-2[nH]1.O. The molecule has 0 saturated carbocycles. The van der Waals surface area contributed by atoms with Gasteiger partial charge < -0.3 is 26.8 Å². The molecule has 1 saturated heterocycles. The van der Waals surface area contributed by atoms with Gasteiger partial charge in [0.2, 0.25) is 5.95 Å². The van der Waals surface area contributed by atoms with Gasteiger partial charge in [0.05, 0.1) is 11.4 Å². The number of nitrogens with zero attached hydrogens (tertiary/aromatic N) is 2. The number of aromatic amines is 1. The Morgan fingerprint density at radius 1 is 1.14 bits per heavy atom. The first-order chi connectivity index (χ1) is 13.3. The van der Waals surface area contributed by atoms with E-state index in [1.165, 1.54) is 5.56 Å². The molecule has 0 amide bonds. The molecule has 0 aromatic heterocycles. The summed E-state index contributed by atoms with van der Waals surface area (Å²) in [4.78, 5) is 12.9. The van der Waals surface area contributed by atoms with E-state index in [4.69, 9.17) is 10.7 Å². The minimum Gasteiger partial charge on any atom is -0.412 e. The summed E-state index contributed by atoms with van der Waals surface area (Å²) in [7, 11) is 0. The number of fused-ring (bicyclic) bond motifs is 1. The van der Waals surface area contributed by atoms with Crippen molar-refractivity contribution < 1.29 is 5.48 Å². The van der Waals surface area contributed by atoms with Gasteiger partial charge in [0.15, 0.2) is 0 Å². The van der Waals surface area contributed by atoms with Gasteiger partial charge in [-0.1, -0.05) is 30.3 Å². The predicted octanol–water partition coefficient (Wildman–Crippen LogP) is 2.87. The Kier molecular flexibility index (Phi) is 8.85. The molecule has 158 valence electrons. The fourth-order valence-electron chi connectivity index (χ4n) is 3.92. The Labute approximate surface area is 178 Å². The normalized spacial score (nSPS) is 18.7. The van der Waals surface area contributed by atoms with Crippen LogP contribution in [0.3, 0.4) is 0 Å². The highest BCUT2D eigenvalue weighted by Crippen LogP contribution is 2.38. The van der Waals surface area contributed by atoms with E-state index in [1.54, 1.807) is 0 Å². The van der Waals surface area contributed by atoms with Crippen molar-refractivity contribution in [2.75, 3.05) is 25.0 Å². The van der Waals surface area contributed by atoms with Gasteiger partial charge >= 0.3 is 0 Å². The molecule has 0 bridgehead atoms. The molecule has 3 aliphatic rings. The highest BCUT2D eigenvalue weighted by atomic mass is 35.5. The fourth-order valence-corrected chi connectivity index (χ4v) is 3.92. The average Bonchev–Trinajstić information content (AvgIpc) is 3.20. The lowest BCUT2D eigenvalue weighted by Gasteiger charge is -2.31. The second kappa shape index (κ2) is 11.1. The molecule has 7 N–H and O–H groups in total. The number of nitrogens with two attached hydrogens (primary N) is 1. The number of hydrogen-bond acceptors (Lipinski definition) is 5. The molecule has 0 spiro atoms. The quantitative estimate of drug-likeness (QED) is 0.439. The first-order valence-corrected chi connectivity index (χ1v) is 9.92. The predicted molar refractivity (Wildman–Crippen MR) is 120 cm³/mol. The molecule has 0 aliphatic carbocycles. The zero-order chi connectivity index (χ0) is 18.5. The van der Waals surface area contributed by atoms with Crippen LogP contribution in [0, 0.1) is 0 Å². The fraction of sp³-hybridized carbons (Fsp3) is 0.429. The summed E-state index contributed by atoms with van der Waals surface area (Å²) < 4.78 is 0. The first-order valence-electron chi connectivity index (χ1n) is 9.92. The largest absolute Gasteiger partial charge is 0.412 e. The molecule has 2 unspecified atom stereocenters. The summed E-state index contributed by atoms with van der Waals surface area (Å²) in [5, 5.41) is 7.07. The average molecular weight is 419 g/mol. The van der Waals surface area contributed by atoms with E-state index in [0.29, 0.717) is 12.0 Å². The topological polar surface area (TPSA) is 123 Å². The van der Waals surface area contributed by atoms with Crippen LogP contribution in [0.15, 0.2) is 42.6 Å². The van der Waals surface area contributed by atoms with Gasteiger partial charge in [0.25, 0.3) is 0 Å². The molecule has 3 heterocycles. The van der Waals surface area contributed by atoms with Crippen LogP contribution in [0.2, 0.25) is 0 Å². The lowest BCUT2D eigenvalue weighted by atomic mass is 9.85. The summed E-state index contributed by atoms with van der Waals surface area (Å²) in [5.41, 5.74) is 10.1. The third-order valence-electron chi connectivity index (χ3n) is 5.34. The van der Waals surface area contributed by atoms with Crippen molar-refractivity contribution in [2.24, 2.45) is 5.73 Å². The van der Waals surface area contributed by atoms with Crippen molar-refractivity contribution in [3.8, 4) is 11.4 Å². The van der Waals surface area contributed by atoms with Crippen LogP contribution < -0.4 is 16.4 Å². The van der Waals surface area contributed by atoms with Crippen LogP contribution >= 0.6 is 12.4 Å². The van der Waals surface area contributed by atoms with E-state index < -0.39 is 0 Å². The molecule has 2 atom stereocenters. The van der Waals surface area contributed by atoms with E-state index >= 15 is 0 Å². The van der Waals surface area contributed by atoms with Crippen LogP contribution in [0.1, 0.15) is 48.9 Å². The zero-order valence-corrected chi connectivity index (χ0v) is 17.3. The molecule has 1 aromatic carbocycles. The van der Waals surface area contributed by atoms with Crippen molar-refractivity contribution in [1.82, 2.24) is 20.3 Å². The maximum Gasteiger partial charge on any atom is 0.200 e. The first kappa shape index (κ1) is 23.1. The lowest BCUT2D eigenvalue weighted by Crippen LogP contribution is -2.31.